The average molecular weight is 385 g/mol. The highest BCUT2D eigenvalue weighted by molar-refractivity contribution is 7.98. The summed E-state index contributed by atoms with van der Waals surface area (Å²) in [5.74, 6) is 0.837. The molecule has 1 aromatic carbocycles. The highest BCUT2D eigenvalue weighted by atomic mass is 32.2. The minimum atomic E-state index is 0.152. The van der Waals surface area contributed by atoms with Crippen molar-refractivity contribution in [2.24, 2.45) is 0 Å². The zero-order valence-electron chi connectivity index (χ0n) is 15.6. The number of fused-ring (bicyclic) bond motifs is 3. The lowest BCUT2D eigenvalue weighted by Gasteiger charge is -2.12. The van der Waals surface area contributed by atoms with Crippen LogP contribution in [0, 0.1) is 13.8 Å². The summed E-state index contributed by atoms with van der Waals surface area (Å²) >= 11 is 3.41. The highest BCUT2D eigenvalue weighted by Gasteiger charge is 2.21. The van der Waals surface area contributed by atoms with Crippen LogP contribution in [0.5, 0.6) is 0 Å². The van der Waals surface area contributed by atoms with Crippen LogP contribution in [-0.2, 0) is 25.1 Å². The second-order valence-electron chi connectivity index (χ2n) is 7.04. The molecule has 2 heterocycles. The van der Waals surface area contributed by atoms with Gasteiger partial charge in [-0.25, -0.2) is 4.98 Å². The van der Waals surface area contributed by atoms with Gasteiger partial charge in [0, 0.05) is 17.2 Å². The fourth-order valence-electron chi connectivity index (χ4n) is 3.65. The van der Waals surface area contributed by atoms with E-state index in [2.05, 4.69) is 32.0 Å². The molecule has 136 valence electrons. The van der Waals surface area contributed by atoms with E-state index in [-0.39, 0.29) is 5.56 Å². The predicted molar refractivity (Wildman–Crippen MR) is 112 cm³/mol. The van der Waals surface area contributed by atoms with Crippen molar-refractivity contribution in [3.63, 3.8) is 0 Å². The van der Waals surface area contributed by atoms with E-state index >= 15 is 0 Å². The molecule has 0 fully saturated rings. The Kier molecular flexibility index (Phi) is 4.93. The first-order chi connectivity index (χ1) is 12.6. The largest absolute Gasteiger partial charge is 0.287 e. The van der Waals surface area contributed by atoms with E-state index in [9.17, 15) is 4.79 Å². The number of benzene rings is 1. The Morgan fingerprint density at radius 2 is 2.00 bits per heavy atom. The lowest BCUT2D eigenvalue weighted by molar-refractivity contribution is 0.633. The fourth-order valence-corrected chi connectivity index (χ4v) is 5.96. The lowest BCUT2D eigenvalue weighted by Crippen LogP contribution is -2.23. The second kappa shape index (κ2) is 7.20. The summed E-state index contributed by atoms with van der Waals surface area (Å²) in [5.41, 5.74) is 5.33. The molecule has 0 unspecified atom stereocenters. The molecule has 1 aliphatic carbocycles. The van der Waals surface area contributed by atoms with Crippen LogP contribution in [-0.4, -0.2) is 9.55 Å². The van der Waals surface area contributed by atoms with Gasteiger partial charge in [0.05, 0.1) is 5.39 Å². The highest BCUT2D eigenvalue weighted by Crippen LogP contribution is 2.35. The Morgan fingerprint density at radius 3 is 2.77 bits per heavy atom. The second-order valence-corrected chi connectivity index (χ2v) is 9.07. The van der Waals surface area contributed by atoms with Gasteiger partial charge in [0.25, 0.3) is 5.56 Å². The minimum absolute atomic E-state index is 0.152. The quantitative estimate of drug-likeness (QED) is 0.454. The maximum atomic E-state index is 13.1. The number of rotatable bonds is 4. The van der Waals surface area contributed by atoms with Gasteiger partial charge in [-0.15, -0.1) is 11.3 Å². The molecule has 5 heteroatoms. The molecule has 0 amide bonds. The maximum Gasteiger partial charge on any atom is 0.263 e. The van der Waals surface area contributed by atoms with Crippen molar-refractivity contribution in [2.75, 3.05) is 0 Å². The number of thioether (sulfide) groups is 1. The molecule has 0 N–H and O–H groups in total. The van der Waals surface area contributed by atoms with Gasteiger partial charge in [-0.05, 0) is 68.7 Å². The van der Waals surface area contributed by atoms with Crippen molar-refractivity contribution < 1.29 is 0 Å². The Balaban J connectivity index is 1.72. The number of thiophene rings is 1. The third-order valence-electron chi connectivity index (χ3n) is 5.30. The molecule has 1 aliphatic rings. The Bertz CT molecular complexity index is 1030. The van der Waals surface area contributed by atoms with Crippen molar-refractivity contribution in [3.05, 3.63) is 55.7 Å². The van der Waals surface area contributed by atoms with Crippen molar-refractivity contribution in [1.29, 1.82) is 0 Å². The van der Waals surface area contributed by atoms with Gasteiger partial charge in [-0.1, -0.05) is 30.0 Å². The summed E-state index contributed by atoms with van der Waals surface area (Å²) in [7, 11) is 0. The van der Waals surface area contributed by atoms with E-state index in [1.54, 1.807) is 23.1 Å². The molecule has 2 aromatic heterocycles. The smallest absolute Gasteiger partial charge is 0.263 e. The average Bonchev–Trinajstić information content (AvgIpc) is 3.01. The lowest BCUT2D eigenvalue weighted by atomic mass is 9.97. The van der Waals surface area contributed by atoms with Gasteiger partial charge in [0.1, 0.15) is 4.83 Å². The van der Waals surface area contributed by atoms with Gasteiger partial charge in [0.2, 0.25) is 0 Å². The number of aromatic nitrogens is 2. The molecular weight excluding hydrogens is 360 g/mol. The van der Waals surface area contributed by atoms with Crippen LogP contribution in [0.15, 0.2) is 28.2 Å². The number of nitrogens with zero attached hydrogens (tertiary/aromatic N) is 2. The number of aryl methyl sites for hydroxylation is 4. The summed E-state index contributed by atoms with van der Waals surface area (Å²) in [6, 6.07) is 6.58. The Labute approximate surface area is 162 Å². The molecule has 0 saturated carbocycles. The summed E-state index contributed by atoms with van der Waals surface area (Å²) in [4.78, 5) is 20.4. The monoisotopic (exact) mass is 384 g/mol. The first-order valence-electron chi connectivity index (χ1n) is 9.32. The molecule has 0 spiro atoms. The first-order valence-corrected chi connectivity index (χ1v) is 11.1. The zero-order valence-corrected chi connectivity index (χ0v) is 17.2. The maximum absolute atomic E-state index is 13.1. The third-order valence-corrected chi connectivity index (χ3v) is 7.53. The van der Waals surface area contributed by atoms with E-state index in [4.69, 9.17) is 4.98 Å². The Hall–Kier alpha value is -1.59. The summed E-state index contributed by atoms with van der Waals surface area (Å²) in [6.45, 7) is 6.98. The van der Waals surface area contributed by atoms with Gasteiger partial charge in [-0.2, -0.15) is 0 Å². The van der Waals surface area contributed by atoms with Crippen molar-refractivity contribution in [1.82, 2.24) is 9.55 Å². The van der Waals surface area contributed by atoms with E-state index in [1.165, 1.54) is 40.0 Å². The topological polar surface area (TPSA) is 34.9 Å². The van der Waals surface area contributed by atoms with Crippen molar-refractivity contribution in [3.8, 4) is 0 Å². The molecule has 3 nitrogen and oxygen atoms in total. The Morgan fingerprint density at radius 1 is 1.19 bits per heavy atom. The van der Waals surface area contributed by atoms with E-state index in [0.29, 0.717) is 6.54 Å². The zero-order chi connectivity index (χ0) is 18.3. The number of hydrogen-bond donors (Lipinski definition) is 0. The molecule has 0 aliphatic heterocycles. The molecule has 0 saturated heterocycles. The van der Waals surface area contributed by atoms with Gasteiger partial charge < -0.3 is 0 Å². The van der Waals surface area contributed by atoms with E-state index in [0.717, 1.165) is 34.0 Å². The van der Waals surface area contributed by atoms with Crippen molar-refractivity contribution >= 4 is 33.3 Å². The van der Waals surface area contributed by atoms with E-state index in [1.807, 2.05) is 11.5 Å². The van der Waals surface area contributed by atoms with Gasteiger partial charge in [-0.3, -0.25) is 9.36 Å². The van der Waals surface area contributed by atoms with Crippen LogP contribution in [0.25, 0.3) is 10.2 Å². The summed E-state index contributed by atoms with van der Waals surface area (Å²) in [6.07, 6.45) is 4.56. The fraction of sp³-hybridized carbons (Fsp3) is 0.429. The number of hydrogen-bond acceptors (Lipinski definition) is 4. The van der Waals surface area contributed by atoms with Crippen molar-refractivity contribution in [2.45, 2.75) is 63.9 Å². The summed E-state index contributed by atoms with van der Waals surface area (Å²) in [5, 5.41) is 1.74. The third kappa shape index (κ3) is 3.12. The predicted octanol–water partition coefficient (Wildman–Crippen LogP) is 5.27. The SMILES string of the molecule is CCn1c(SCc2ccc(C)c(C)c2)nc2sc3c(c2c1=O)CCCC3. The standard InChI is InChI=1S/C21H24N2OS2/c1-4-23-20(24)18-16-7-5-6-8-17(16)26-19(18)22-21(23)25-12-15-10-9-13(2)14(3)11-15/h9-11H,4-8,12H2,1-3H3. The summed E-state index contributed by atoms with van der Waals surface area (Å²) < 4.78 is 1.86. The molecule has 4 rings (SSSR count). The molecule has 26 heavy (non-hydrogen) atoms. The van der Waals surface area contributed by atoms with Crippen LogP contribution >= 0.6 is 23.1 Å². The molecule has 0 atom stereocenters. The van der Waals surface area contributed by atoms with E-state index < -0.39 is 0 Å². The first kappa shape index (κ1) is 17.8. The van der Waals surface area contributed by atoms with Gasteiger partial charge >= 0.3 is 0 Å². The molecule has 3 aromatic rings. The van der Waals surface area contributed by atoms with Crippen LogP contribution < -0.4 is 5.56 Å². The van der Waals surface area contributed by atoms with Crippen LogP contribution in [0.1, 0.15) is 46.9 Å². The van der Waals surface area contributed by atoms with Crippen LogP contribution in [0.2, 0.25) is 0 Å². The molecular formula is C21H24N2OS2. The minimum Gasteiger partial charge on any atom is -0.287 e. The molecule has 0 radical (unpaired) electrons. The normalized spacial score (nSPS) is 14.0. The van der Waals surface area contributed by atoms with Gasteiger partial charge in [0.15, 0.2) is 5.16 Å². The van der Waals surface area contributed by atoms with Crippen LogP contribution in [0.4, 0.5) is 0 Å². The molecule has 0 bridgehead atoms. The van der Waals surface area contributed by atoms with Crippen LogP contribution in [0.3, 0.4) is 0 Å².